The number of nitrogens with one attached hydrogen (secondary N) is 1. The average molecular weight is 344 g/mol. The molecule has 0 atom stereocenters. The molecule has 3 rings (SSSR count). The standard InChI is InChI=1S/C18H28N6O/c1-14-16(18(23(4)21-14)24-7-9-25-10-8-24)13-19-12-15-5-6-20-17(11-15)22(2)3/h5-6,11,19H,7-10,12-13H2,1-4H3. The van der Waals surface area contributed by atoms with Crippen molar-refractivity contribution >= 4 is 11.6 Å². The minimum absolute atomic E-state index is 0.779. The van der Waals surface area contributed by atoms with Crippen LogP contribution in [0, 0.1) is 6.92 Å². The van der Waals surface area contributed by atoms with Gasteiger partial charge in [0.2, 0.25) is 0 Å². The number of rotatable bonds is 6. The number of hydrogen-bond donors (Lipinski definition) is 1. The number of aryl methyl sites for hydroxylation is 2. The van der Waals surface area contributed by atoms with Crippen LogP contribution in [0.25, 0.3) is 0 Å². The molecule has 0 aromatic carbocycles. The van der Waals surface area contributed by atoms with Gasteiger partial charge in [-0.1, -0.05) is 0 Å². The number of nitrogens with zero attached hydrogens (tertiary/aromatic N) is 5. The van der Waals surface area contributed by atoms with Gasteiger partial charge in [-0.25, -0.2) is 4.98 Å². The Morgan fingerprint density at radius 3 is 2.72 bits per heavy atom. The van der Waals surface area contributed by atoms with E-state index in [4.69, 9.17) is 4.74 Å². The molecule has 1 fully saturated rings. The zero-order valence-corrected chi connectivity index (χ0v) is 15.6. The average Bonchev–Trinajstić information content (AvgIpc) is 2.89. The first kappa shape index (κ1) is 17.7. The highest BCUT2D eigenvalue weighted by Gasteiger charge is 2.21. The van der Waals surface area contributed by atoms with Crippen LogP contribution in [-0.2, 0) is 24.9 Å². The SMILES string of the molecule is Cc1nn(C)c(N2CCOCC2)c1CNCc1ccnc(N(C)C)c1. The fourth-order valence-electron chi connectivity index (χ4n) is 3.21. The maximum Gasteiger partial charge on any atom is 0.131 e. The van der Waals surface area contributed by atoms with Gasteiger partial charge in [-0.2, -0.15) is 5.10 Å². The van der Waals surface area contributed by atoms with Crippen LogP contribution in [0.2, 0.25) is 0 Å². The molecular weight excluding hydrogens is 316 g/mol. The van der Waals surface area contributed by atoms with Gasteiger partial charge >= 0.3 is 0 Å². The van der Waals surface area contributed by atoms with Crippen molar-refractivity contribution in [1.29, 1.82) is 0 Å². The minimum atomic E-state index is 0.779. The van der Waals surface area contributed by atoms with Crippen molar-refractivity contribution in [3.8, 4) is 0 Å². The minimum Gasteiger partial charge on any atom is -0.378 e. The van der Waals surface area contributed by atoms with Crippen molar-refractivity contribution in [2.75, 3.05) is 50.2 Å². The Morgan fingerprint density at radius 1 is 1.24 bits per heavy atom. The van der Waals surface area contributed by atoms with Gasteiger partial charge < -0.3 is 19.9 Å². The Kier molecular flexibility index (Phi) is 5.55. The van der Waals surface area contributed by atoms with Crippen molar-refractivity contribution in [3.63, 3.8) is 0 Å². The monoisotopic (exact) mass is 344 g/mol. The second kappa shape index (κ2) is 7.84. The lowest BCUT2D eigenvalue weighted by atomic mass is 10.2. The lowest BCUT2D eigenvalue weighted by molar-refractivity contribution is 0.122. The molecule has 1 N–H and O–H groups in total. The van der Waals surface area contributed by atoms with E-state index >= 15 is 0 Å². The first-order valence-electron chi connectivity index (χ1n) is 8.74. The lowest BCUT2D eigenvalue weighted by Crippen LogP contribution is -2.38. The van der Waals surface area contributed by atoms with Gasteiger partial charge in [-0.3, -0.25) is 4.68 Å². The second-order valence-electron chi connectivity index (χ2n) is 6.63. The molecule has 0 aliphatic carbocycles. The van der Waals surface area contributed by atoms with Gasteiger partial charge in [0.15, 0.2) is 0 Å². The van der Waals surface area contributed by atoms with Crippen molar-refractivity contribution in [3.05, 3.63) is 35.2 Å². The summed E-state index contributed by atoms with van der Waals surface area (Å²) in [5.74, 6) is 2.18. The van der Waals surface area contributed by atoms with E-state index in [2.05, 4.69) is 39.4 Å². The molecule has 2 aromatic rings. The van der Waals surface area contributed by atoms with Crippen molar-refractivity contribution in [2.45, 2.75) is 20.0 Å². The number of morpholine rings is 1. The Balaban J connectivity index is 1.68. The highest BCUT2D eigenvalue weighted by Crippen LogP contribution is 2.24. The highest BCUT2D eigenvalue weighted by molar-refractivity contribution is 5.50. The third kappa shape index (κ3) is 4.11. The second-order valence-corrected chi connectivity index (χ2v) is 6.63. The molecule has 0 spiro atoms. The molecule has 1 aliphatic rings. The molecule has 0 unspecified atom stereocenters. The van der Waals surface area contributed by atoms with E-state index in [1.807, 2.05) is 36.9 Å². The molecule has 136 valence electrons. The van der Waals surface area contributed by atoms with Crippen LogP contribution < -0.4 is 15.1 Å². The summed E-state index contributed by atoms with van der Waals surface area (Å²) in [5, 5.41) is 8.19. The third-order valence-electron chi connectivity index (χ3n) is 4.52. The zero-order valence-electron chi connectivity index (χ0n) is 15.6. The third-order valence-corrected chi connectivity index (χ3v) is 4.52. The van der Waals surface area contributed by atoms with E-state index in [1.165, 1.54) is 16.9 Å². The Hall–Kier alpha value is -2.12. The summed E-state index contributed by atoms with van der Waals surface area (Å²) in [6, 6.07) is 4.17. The fraction of sp³-hybridized carbons (Fsp3) is 0.556. The van der Waals surface area contributed by atoms with Crippen molar-refractivity contribution in [1.82, 2.24) is 20.1 Å². The molecule has 2 aromatic heterocycles. The van der Waals surface area contributed by atoms with Crippen LogP contribution >= 0.6 is 0 Å². The van der Waals surface area contributed by atoms with E-state index in [0.29, 0.717) is 0 Å². The first-order chi connectivity index (χ1) is 12.1. The van der Waals surface area contributed by atoms with Crippen LogP contribution in [0.15, 0.2) is 18.3 Å². The van der Waals surface area contributed by atoms with Crippen LogP contribution in [0.3, 0.4) is 0 Å². The van der Waals surface area contributed by atoms with Gasteiger partial charge in [0.1, 0.15) is 11.6 Å². The molecule has 1 aliphatic heterocycles. The van der Waals surface area contributed by atoms with Gasteiger partial charge in [-0.15, -0.1) is 0 Å². The van der Waals surface area contributed by atoms with Crippen LogP contribution in [0.1, 0.15) is 16.8 Å². The number of hydrogen-bond acceptors (Lipinski definition) is 6. The largest absolute Gasteiger partial charge is 0.378 e. The van der Waals surface area contributed by atoms with Crippen molar-refractivity contribution < 1.29 is 4.74 Å². The lowest BCUT2D eigenvalue weighted by Gasteiger charge is -2.29. The topological polar surface area (TPSA) is 58.5 Å². The smallest absolute Gasteiger partial charge is 0.131 e. The summed E-state index contributed by atoms with van der Waals surface area (Å²) < 4.78 is 7.47. The molecular formula is C18H28N6O. The summed E-state index contributed by atoms with van der Waals surface area (Å²) in [6.45, 7) is 7.08. The molecule has 25 heavy (non-hydrogen) atoms. The predicted octanol–water partition coefficient (Wildman–Crippen LogP) is 1.32. The zero-order chi connectivity index (χ0) is 17.8. The fourth-order valence-corrected chi connectivity index (χ4v) is 3.21. The molecule has 7 nitrogen and oxygen atoms in total. The van der Waals surface area contributed by atoms with Gasteiger partial charge in [-0.05, 0) is 24.6 Å². The molecule has 0 radical (unpaired) electrons. The molecule has 0 saturated carbocycles. The molecule has 7 heteroatoms. The van der Waals surface area contributed by atoms with E-state index in [0.717, 1.165) is 50.9 Å². The normalized spacial score (nSPS) is 14.8. The van der Waals surface area contributed by atoms with Crippen LogP contribution in [-0.4, -0.2) is 55.2 Å². The van der Waals surface area contributed by atoms with Gasteiger partial charge in [0.05, 0.1) is 18.9 Å². The highest BCUT2D eigenvalue weighted by atomic mass is 16.5. The van der Waals surface area contributed by atoms with Crippen LogP contribution in [0.4, 0.5) is 11.6 Å². The Bertz CT molecular complexity index is 706. The van der Waals surface area contributed by atoms with Crippen molar-refractivity contribution in [2.24, 2.45) is 7.05 Å². The van der Waals surface area contributed by atoms with E-state index in [-0.39, 0.29) is 0 Å². The van der Waals surface area contributed by atoms with Gasteiger partial charge in [0.25, 0.3) is 0 Å². The summed E-state index contributed by atoms with van der Waals surface area (Å²) in [6.07, 6.45) is 1.86. The quantitative estimate of drug-likeness (QED) is 0.853. The maximum atomic E-state index is 5.48. The molecule has 3 heterocycles. The summed E-state index contributed by atoms with van der Waals surface area (Å²) in [7, 11) is 6.04. The summed E-state index contributed by atoms with van der Waals surface area (Å²) in [4.78, 5) is 8.76. The molecule has 0 bridgehead atoms. The number of pyridine rings is 1. The Morgan fingerprint density at radius 2 is 2.00 bits per heavy atom. The van der Waals surface area contributed by atoms with Gasteiger partial charge in [0, 0.05) is 59.1 Å². The van der Waals surface area contributed by atoms with Crippen LogP contribution in [0.5, 0.6) is 0 Å². The molecule has 0 amide bonds. The summed E-state index contributed by atoms with van der Waals surface area (Å²) in [5.41, 5.74) is 3.58. The first-order valence-corrected chi connectivity index (χ1v) is 8.74. The molecule has 1 saturated heterocycles. The summed E-state index contributed by atoms with van der Waals surface area (Å²) >= 11 is 0. The number of aromatic nitrogens is 3. The predicted molar refractivity (Wildman–Crippen MR) is 100 cm³/mol. The van der Waals surface area contributed by atoms with E-state index in [1.54, 1.807) is 0 Å². The maximum absolute atomic E-state index is 5.48. The van der Waals surface area contributed by atoms with E-state index < -0.39 is 0 Å². The van der Waals surface area contributed by atoms with E-state index in [9.17, 15) is 0 Å². The number of ether oxygens (including phenoxy) is 1. The Labute approximate surface area is 149 Å². The number of anilines is 2.